The van der Waals surface area contributed by atoms with Crippen molar-refractivity contribution >= 4 is 33.6 Å². The maximum atomic E-state index is 12.2. The van der Waals surface area contributed by atoms with Crippen LogP contribution in [-0.4, -0.2) is 42.1 Å². The highest BCUT2D eigenvalue weighted by molar-refractivity contribution is 9.10. The van der Waals surface area contributed by atoms with Crippen molar-refractivity contribution in [2.75, 3.05) is 36.4 Å². The van der Waals surface area contributed by atoms with Gasteiger partial charge in [0.15, 0.2) is 0 Å². The fourth-order valence-corrected chi connectivity index (χ4v) is 3.29. The molecular weight excluding hydrogens is 382 g/mol. The number of amides is 1. The Labute approximate surface area is 156 Å². The molecule has 0 bridgehead atoms. The first-order valence-electron chi connectivity index (χ1n) is 8.51. The normalized spacial score (nSPS) is 13.8. The van der Waals surface area contributed by atoms with Crippen LogP contribution in [0.15, 0.2) is 34.8 Å². The first kappa shape index (κ1) is 17.7. The van der Waals surface area contributed by atoms with Gasteiger partial charge in [0, 0.05) is 42.4 Å². The van der Waals surface area contributed by atoms with Crippen LogP contribution in [0.5, 0.6) is 0 Å². The van der Waals surface area contributed by atoms with Crippen LogP contribution in [0.25, 0.3) is 0 Å². The van der Waals surface area contributed by atoms with Gasteiger partial charge in [0.05, 0.1) is 5.56 Å². The smallest absolute Gasteiger partial charge is 0.252 e. The molecule has 25 heavy (non-hydrogen) atoms. The van der Waals surface area contributed by atoms with E-state index in [0.29, 0.717) is 24.6 Å². The highest BCUT2D eigenvalue weighted by Crippen LogP contribution is 2.19. The Bertz CT molecular complexity index is 746. The summed E-state index contributed by atoms with van der Waals surface area (Å²) in [5, 5.41) is 6.09. The molecule has 7 heteroatoms. The standard InChI is InChI=1S/C18H22BrN5O/c1-13-12-16(24-10-4-5-11-24)23-18(22-13)21-9-8-20-17(25)14-6-2-3-7-15(14)19/h2-3,6-7,12H,4-5,8-11H2,1H3,(H,20,25)(H,21,22,23). The molecule has 1 fully saturated rings. The fourth-order valence-electron chi connectivity index (χ4n) is 2.83. The summed E-state index contributed by atoms with van der Waals surface area (Å²) >= 11 is 3.39. The third-order valence-corrected chi connectivity index (χ3v) is 4.77. The van der Waals surface area contributed by atoms with E-state index in [1.54, 1.807) is 6.07 Å². The number of nitrogens with one attached hydrogen (secondary N) is 2. The summed E-state index contributed by atoms with van der Waals surface area (Å²) in [5.74, 6) is 1.49. The average Bonchev–Trinajstić information content (AvgIpc) is 3.13. The van der Waals surface area contributed by atoms with Gasteiger partial charge in [0.1, 0.15) is 5.82 Å². The van der Waals surface area contributed by atoms with E-state index in [-0.39, 0.29) is 5.91 Å². The molecule has 3 rings (SSSR count). The van der Waals surface area contributed by atoms with Gasteiger partial charge in [-0.15, -0.1) is 0 Å². The zero-order valence-electron chi connectivity index (χ0n) is 14.3. The minimum absolute atomic E-state index is 0.0998. The molecule has 6 nitrogen and oxygen atoms in total. The summed E-state index contributed by atoms with van der Waals surface area (Å²) in [6.07, 6.45) is 2.43. The number of anilines is 2. The van der Waals surface area contributed by atoms with Crippen molar-refractivity contribution in [2.45, 2.75) is 19.8 Å². The third kappa shape index (κ3) is 4.69. The molecule has 1 aliphatic heterocycles. The van der Waals surface area contributed by atoms with Crippen LogP contribution in [0.2, 0.25) is 0 Å². The summed E-state index contributed by atoms with van der Waals surface area (Å²) in [4.78, 5) is 23.5. The van der Waals surface area contributed by atoms with Crippen LogP contribution in [0.1, 0.15) is 28.9 Å². The molecule has 2 aromatic rings. The van der Waals surface area contributed by atoms with Crippen molar-refractivity contribution < 1.29 is 4.79 Å². The highest BCUT2D eigenvalue weighted by atomic mass is 79.9. The molecule has 0 atom stereocenters. The van der Waals surface area contributed by atoms with E-state index in [1.165, 1.54) is 12.8 Å². The maximum Gasteiger partial charge on any atom is 0.252 e. The summed E-state index contributed by atoms with van der Waals surface area (Å²) < 4.78 is 0.790. The van der Waals surface area contributed by atoms with Crippen LogP contribution in [0, 0.1) is 6.92 Å². The Kier molecular flexibility index (Phi) is 5.86. The van der Waals surface area contributed by atoms with Gasteiger partial charge in [-0.2, -0.15) is 4.98 Å². The molecule has 132 valence electrons. The van der Waals surface area contributed by atoms with E-state index in [9.17, 15) is 4.79 Å². The maximum absolute atomic E-state index is 12.2. The van der Waals surface area contributed by atoms with E-state index in [0.717, 1.165) is 29.1 Å². The van der Waals surface area contributed by atoms with Gasteiger partial charge in [-0.3, -0.25) is 4.79 Å². The van der Waals surface area contributed by atoms with E-state index in [1.807, 2.05) is 31.2 Å². The van der Waals surface area contributed by atoms with Crippen LogP contribution in [0.3, 0.4) is 0 Å². The molecule has 1 aromatic carbocycles. The molecule has 1 amide bonds. The first-order valence-corrected chi connectivity index (χ1v) is 9.30. The number of rotatable bonds is 6. The minimum atomic E-state index is -0.0998. The molecule has 2 N–H and O–H groups in total. The Hall–Kier alpha value is -2.15. The summed E-state index contributed by atoms with van der Waals surface area (Å²) in [5.41, 5.74) is 1.57. The number of nitrogens with zero attached hydrogens (tertiary/aromatic N) is 3. The lowest BCUT2D eigenvalue weighted by atomic mass is 10.2. The third-order valence-electron chi connectivity index (χ3n) is 4.08. The van der Waals surface area contributed by atoms with Crippen molar-refractivity contribution in [1.29, 1.82) is 0 Å². The van der Waals surface area contributed by atoms with Crippen molar-refractivity contribution in [3.8, 4) is 0 Å². The SMILES string of the molecule is Cc1cc(N2CCCC2)nc(NCCNC(=O)c2ccccc2Br)n1. The number of aromatic nitrogens is 2. The lowest BCUT2D eigenvalue weighted by molar-refractivity contribution is 0.0954. The second-order valence-corrected chi connectivity index (χ2v) is 6.90. The topological polar surface area (TPSA) is 70.2 Å². The number of hydrogen-bond acceptors (Lipinski definition) is 5. The van der Waals surface area contributed by atoms with Crippen LogP contribution >= 0.6 is 15.9 Å². The molecule has 2 heterocycles. The van der Waals surface area contributed by atoms with Gasteiger partial charge in [-0.1, -0.05) is 12.1 Å². The Balaban J connectivity index is 1.52. The number of hydrogen-bond donors (Lipinski definition) is 2. The molecular formula is C18H22BrN5O. The summed E-state index contributed by atoms with van der Waals surface area (Å²) in [6.45, 7) is 5.15. The molecule has 0 aliphatic carbocycles. The number of carbonyl (C=O) groups excluding carboxylic acids is 1. The summed E-state index contributed by atoms with van der Waals surface area (Å²) in [7, 11) is 0. The van der Waals surface area contributed by atoms with Gasteiger partial charge in [-0.25, -0.2) is 4.98 Å². The van der Waals surface area contributed by atoms with Crippen LogP contribution in [0.4, 0.5) is 11.8 Å². The van der Waals surface area contributed by atoms with Gasteiger partial charge < -0.3 is 15.5 Å². The predicted octanol–water partition coefficient (Wildman–Crippen LogP) is 2.99. The van der Waals surface area contributed by atoms with E-state index >= 15 is 0 Å². The second kappa shape index (κ2) is 8.29. The van der Waals surface area contributed by atoms with Crippen LogP contribution < -0.4 is 15.5 Å². The van der Waals surface area contributed by atoms with Crippen LogP contribution in [-0.2, 0) is 0 Å². The lowest BCUT2D eigenvalue weighted by Gasteiger charge is -2.17. The van der Waals surface area contributed by atoms with Gasteiger partial charge in [0.2, 0.25) is 5.95 Å². The number of halogens is 1. The highest BCUT2D eigenvalue weighted by Gasteiger charge is 2.15. The minimum Gasteiger partial charge on any atom is -0.356 e. The fraction of sp³-hybridized carbons (Fsp3) is 0.389. The molecule has 0 radical (unpaired) electrons. The number of carbonyl (C=O) groups is 1. The Morgan fingerprint density at radius 2 is 1.96 bits per heavy atom. The largest absolute Gasteiger partial charge is 0.356 e. The zero-order chi connectivity index (χ0) is 17.6. The molecule has 1 aromatic heterocycles. The molecule has 0 saturated carbocycles. The average molecular weight is 404 g/mol. The van der Waals surface area contributed by atoms with Crippen molar-refractivity contribution in [3.05, 3.63) is 46.1 Å². The first-order chi connectivity index (χ1) is 12.1. The van der Waals surface area contributed by atoms with Gasteiger partial charge in [-0.05, 0) is 47.8 Å². The van der Waals surface area contributed by atoms with E-state index < -0.39 is 0 Å². The summed E-state index contributed by atoms with van der Waals surface area (Å²) in [6, 6.07) is 9.39. The Morgan fingerprint density at radius 1 is 1.20 bits per heavy atom. The number of aryl methyl sites for hydroxylation is 1. The van der Waals surface area contributed by atoms with Gasteiger partial charge in [0.25, 0.3) is 5.91 Å². The molecule has 1 saturated heterocycles. The van der Waals surface area contributed by atoms with Crippen molar-refractivity contribution in [2.24, 2.45) is 0 Å². The zero-order valence-corrected chi connectivity index (χ0v) is 15.8. The quantitative estimate of drug-likeness (QED) is 0.725. The predicted molar refractivity (Wildman–Crippen MR) is 103 cm³/mol. The van der Waals surface area contributed by atoms with E-state index in [4.69, 9.17) is 0 Å². The van der Waals surface area contributed by atoms with Crippen molar-refractivity contribution in [1.82, 2.24) is 15.3 Å². The molecule has 0 spiro atoms. The monoisotopic (exact) mass is 403 g/mol. The van der Waals surface area contributed by atoms with Crippen molar-refractivity contribution in [3.63, 3.8) is 0 Å². The van der Waals surface area contributed by atoms with Gasteiger partial charge >= 0.3 is 0 Å². The number of benzene rings is 1. The van der Waals surface area contributed by atoms with E-state index in [2.05, 4.69) is 41.4 Å². The second-order valence-electron chi connectivity index (χ2n) is 6.05. The molecule has 1 aliphatic rings. The Morgan fingerprint density at radius 3 is 2.72 bits per heavy atom. The lowest BCUT2D eigenvalue weighted by Crippen LogP contribution is -2.29. The molecule has 0 unspecified atom stereocenters.